The Morgan fingerprint density at radius 1 is 1.25 bits per heavy atom. The molecule has 1 saturated heterocycles. The Morgan fingerprint density at radius 2 is 2.17 bits per heavy atom. The molecule has 3 aromatic rings. The smallest absolute Gasteiger partial charge is 0.146 e. The van der Waals surface area contributed by atoms with Crippen LogP contribution in [0.15, 0.2) is 36.7 Å². The molecule has 0 N–H and O–H groups in total. The number of fused-ring (bicyclic) bond motifs is 1. The van der Waals surface area contributed by atoms with E-state index in [9.17, 15) is 0 Å². The fourth-order valence-electron chi connectivity index (χ4n) is 3.28. The predicted octanol–water partition coefficient (Wildman–Crippen LogP) is 2.25. The Labute approximate surface area is 141 Å². The zero-order valence-electron chi connectivity index (χ0n) is 14.0. The number of pyridine rings is 1. The van der Waals surface area contributed by atoms with E-state index in [2.05, 4.69) is 50.3 Å². The lowest BCUT2D eigenvalue weighted by atomic mass is 10.1. The number of hydrogen-bond donors (Lipinski definition) is 0. The maximum Gasteiger partial charge on any atom is 0.146 e. The molecule has 6 nitrogen and oxygen atoms in total. The van der Waals surface area contributed by atoms with Crippen LogP contribution in [0, 0.1) is 6.92 Å². The average molecular weight is 323 g/mol. The molecule has 0 aliphatic carbocycles. The second-order valence-corrected chi connectivity index (χ2v) is 6.28. The lowest BCUT2D eigenvalue weighted by Crippen LogP contribution is -2.40. The van der Waals surface area contributed by atoms with Crippen LogP contribution in [0.1, 0.15) is 23.1 Å². The van der Waals surface area contributed by atoms with E-state index in [1.807, 2.05) is 18.7 Å². The molecule has 0 bridgehead atoms. The normalized spacial score (nSPS) is 19.0. The zero-order valence-corrected chi connectivity index (χ0v) is 14.0. The lowest BCUT2D eigenvalue weighted by molar-refractivity contribution is -0.0171. The number of nitrogens with zero attached hydrogens (tertiary/aromatic N) is 5. The van der Waals surface area contributed by atoms with E-state index in [4.69, 9.17) is 4.74 Å². The standard InChI is InChI=1S/C18H21N5O/c1-13-3-5-15-9-14(4-6-16(15)21-13)10-23-7-8-24-11-17(23)18-19-12-20-22(18)2/h3-6,9,12,17H,7-8,10-11H2,1-2H3/t17-/m1/s1. The van der Waals surface area contributed by atoms with Crippen molar-refractivity contribution < 1.29 is 4.74 Å². The number of aryl methyl sites for hydroxylation is 2. The van der Waals surface area contributed by atoms with Crippen molar-refractivity contribution in [3.8, 4) is 0 Å². The number of rotatable bonds is 3. The van der Waals surface area contributed by atoms with Crippen molar-refractivity contribution >= 4 is 10.9 Å². The highest BCUT2D eigenvalue weighted by Crippen LogP contribution is 2.25. The highest BCUT2D eigenvalue weighted by atomic mass is 16.5. The summed E-state index contributed by atoms with van der Waals surface area (Å²) in [7, 11) is 1.93. The summed E-state index contributed by atoms with van der Waals surface area (Å²) < 4.78 is 7.51. The summed E-state index contributed by atoms with van der Waals surface area (Å²) in [6, 6.07) is 10.8. The minimum atomic E-state index is 0.137. The van der Waals surface area contributed by atoms with Crippen LogP contribution in [0.5, 0.6) is 0 Å². The predicted molar refractivity (Wildman–Crippen MR) is 91.5 cm³/mol. The molecule has 3 heterocycles. The summed E-state index contributed by atoms with van der Waals surface area (Å²) >= 11 is 0. The van der Waals surface area contributed by atoms with Crippen molar-refractivity contribution in [1.29, 1.82) is 0 Å². The first kappa shape index (κ1) is 15.2. The second kappa shape index (κ2) is 6.30. The molecular formula is C18H21N5O. The average Bonchev–Trinajstić information content (AvgIpc) is 3.01. The lowest BCUT2D eigenvalue weighted by Gasteiger charge is -2.34. The molecule has 6 heteroatoms. The first-order chi connectivity index (χ1) is 11.7. The summed E-state index contributed by atoms with van der Waals surface area (Å²) in [5.41, 5.74) is 3.37. The molecule has 0 amide bonds. The molecule has 0 unspecified atom stereocenters. The third kappa shape index (κ3) is 2.90. The summed E-state index contributed by atoms with van der Waals surface area (Å²) in [6.45, 7) is 5.18. The van der Waals surface area contributed by atoms with E-state index in [0.29, 0.717) is 6.61 Å². The highest BCUT2D eigenvalue weighted by molar-refractivity contribution is 5.79. The number of benzene rings is 1. The number of aromatic nitrogens is 4. The Balaban J connectivity index is 1.60. The molecule has 1 aliphatic rings. The van der Waals surface area contributed by atoms with Gasteiger partial charge in [-0.3, -0.25) is 14.6 Å². The fourth-order valence-corrected chi connectivity index (χ4v) is 3.28. The van der Waals surface area contributed by atoms with Gasteiger partial charge in [-0.2, -0.15) is 5.10 Å². The summed E-state index contributed by atoms with van der Waals surface area (Å²) in [4.78, 5) is 11.4. The van der Waals surface area contributed by atoms with Crippen molar-refractivity contribution in [2.75, 3.05) is 19.8 Å². The first-order valence-electron chi connectivity index (χ1n) is 8.23. The number of ether oxygens (including phenoxy) is 1. The molecule has 0 spiro atoms. The molecule has 24 heavy (non-hydrogen) atoms. The topological polar surface area (TPSA) is 56.1 Å². The van der Waals surface area contributed by atoms with Crippen LogP contribution in [0.25, 0.3) is 10.9 Å². The van der Waals surface area contributed by atoms with Crippen molar-refractivity contribution in [1.82, 2.24) is 24.6 Å². The van der Waals surface area contributed by atoms with Gasteiger partial charge in [-0.15, -0.1) is 0 Å². The Kier molecular flexibility index (Phi) is 4.00. The van der Waals surface area contributed by atoms with Crippen LogP contribution in [-0.4, -0.2) is 44.4 Å². The quantitative estimate of drug-likeness (QED) is 0.740. The Morgan fingerprint density at radius 3 is 3.00 bits per heavy atom. The van der Waals surface area contributed by atoms with E-state index in [1.54, 1.807) is 6.33 Å². The molecule has 1 aromatic carbocycles. The maximum absolute atomic E-state index is 5.68. The minimum absolute atomic E-state index is 0.137. The van der Waals surface area contributed by atoms with Gasteiger partial charge in [0.25, 0.3) is 0 Å². The molecule has 1 fully saturated rings. The van der Waals surface area contributed by atoms with E-state index in [1.165, 1.54) is 10.9 Å². The molecule has 4 rings (SSSR count). The van der Waals surface area contributed by atoms with Gasteiger partial charge in [0.15, 0.2) is 0 Å². The van der Waals surface area contributed by atoms with E-state index in [0.717, 1.165) is 36.7 Å². The van der Waals surface area contributed by atoms with Crippen molar-refractivity contribution in [2.45, 2.75) is 19.5 Å². The third-order valence-electron chi connectivity index (χ3n) is 4.56. The molecule has 124 valence electrons. The highest BCUT2D eigenvalue weighted by Gasteiger charge is 2.28. The van der Waals surface area contributed by atoms with Gasteiger partial charge in [-0.05, 0) is 30.7 Å². The van der Waals surface area contributed by atoms with Crippen LogP contribution in [0.2, 0.25) is 0 Å². The number of hydrogen-bond acceptors (Lipinski definition) is 5. The second-order valence-electron chi connectivity index (χ2n) is 6.28. The van der Waals surface area contributed by atoms with Gasteiger partial charge in [0.2, 0.25) is 0 Å². The van der Waals surface area contributed by atoms with Crippen molar-refractivity contribution in [2.24, 2.45) is 7.05 Å². The minimum Gasteiger partial charge on any atom is -0.378 e. The van der Waals surface area contributed by atoms with E-state index in [-0.39, 0.29) is 6.04 Å². The van der Waals surface area contributed by atoms with Crippen LogP contribution < -0.4 is 0 Å². The SMILES string of the molecule is Cc1ccc2cc(CN3CCOC[C@@H]3c3ncnn3C)ccc2n1. The molecule has 1 atom stereocenters. The Bertz CT molecular complexity index is 859. The van der Waals surface area contributed by atoms with Crippen LogP contribution in [0.3, 0.4) is 0 Å². The van der Waals surface area contributed by atoms with Gasteiger partial charge >= 0.3 is 0 Å². The number of morpholine rings is 1. The summed E-state index contributed by atoms with van der Waals surface area (Å²) in [6.07, 6.45) is 1.60. The summed E-state index contributed by atoms with van der Waals surface area (Å²) in [5.74, 6) is 0.952. The fraction of sp³-hybridized carbons (Fsp3) is 0.389. The van der Waals surface area contributed by atoms with E-state index < -0.39 is 0 Å². The van der Waals surface area contributed by atoms with Gasteiger partial charge in [-0.1, -0.05) is 12.1 Å². The maximum atomic E-state index is 5.68. The largest absolute Gasteiger partial charge is 0.378 e. The molecule has 0 radical (unpaired) electrons. The van der Waals surface area contributed by atoms with Crippen molar-refractivity contribution in [3.05, 3.63) is 53.7 Å². The van der Waals surface area contributed by atoms with Crippen LogP contribution in [0.4, 0.5) is 0 Å². The van der Waals surface area contributed by atoms with Gasteiger partial charge in [0.1, 0.15) is 12.2 Å². The molecule has 1 aliphatic heterocycles. The summed E-state index contributed by atoms with van der Waals surface area (Å²) in [5, 5.41) is 5.38. The monoisotopic (exact) mass is 323 g/mol. The van der Waals surface area contributed by atoms with Crippen LogP contribution in [-0.2, 0) is 18.3 Å². The van der Waals surface area contributed by atoms with Gasteiger partial charge < -0.3 is 4.74 Å². The molecule has 2 aromatic heterocycles. The van der Waals surface area contributed by atoms with Gasteiger partial charge in [0, 0.05) is 31.2 Å². The van der Waals surface area contributed by atoms with Crippen LogP contribution >= 0.6 is 0 Å². The Hall–Kier alpha value is -2.31. The van der Waals surface area contributed by atoms with Crippen molar-refractivity contribution in [3.63, 3.8) is 0 Å². The van der Waals surface area contributed by atoms with Gasteiger partial charge in [-0.25, -0.2) is 4.98 Å². The molecular weight excluding hydrogens is 302 g/mol. The van der Waals surface area contributed by atoms with E-state index >= 15 is 0 Å². The zero-order chi connectivity index (χ0) is 16.5. The third-order valence-corrected chi connectivity index (χ3v) is 4.56. The first-order valence-corrected chi connectivity index (χ1v) is 8.23. The molecule has 0 saturated carbocycles. The van der Waals surface area contributed by atoms with Gasteiger partial charge in [0.05, 0.1) is 24.8 Å².